The summed E-state index contributed by atoms with van der Waals surface area (Å²) < 4.78 is 5.95. The van der Waals surface area contributed by atoms with Crippen LogP contribution in [-0.4, -0.2) is 5.09 Å². The first kappa shape index (κ1) is 13.8. The van der Waals surface area contributed by atoms with E-state index in [1.54, 1.807) is 0 Å². The van der Waals surface area contributed by atoms with Crippen molar-refractivity contribution in [3.05, 3.63) is 76.0 Å². The second-order valence-corrected chi connectivity index (χ2v) is 4.71. The maximum atomic E-state index is 8.25. The lowest BCUT2D eigenvalue weighted by Gasteiger charge is -2.18. The molecule has 22 heavy (non-hydrogen) atoms. The summed E-state index contributed by atoms with van der Waals surface area (Å²) in [5.74, 6) is 1.87. The smallest absolute Gasteiger partial charge is 0.189 e. The third kappa shape index (κ3) is 2.68. The van der Waals surface area contributed by atoms with Gasteiger partial charge in [-0.15, -0.1) is 0 Å². The van der Waals surface area contributed by atoms with Gasteiger partial charge in [0.05, 0.1) is 5.09 Å². The molecule has 1 heterocycles. The number of hydrogen-bond donors (Lipinski definition) is 1. The summed E-state index contributed by atoms with van der Waals surface area (Å²) in [6.07, 6.45) is 0. The Morgan fingerprint density at radius 1 is 0.864 bits per heavy atom. The fourth-order valence-corrected chi connectivity index (χ4v) is 2.48. The molecule has 110 valence electrons. The van der Waals surface area contributed by atoms with Crippen molar-refractivity contribution in [1.29, 1.82) is 0 Å². The summed E-state index contributed by atoms with van der Waals surface area (Å²) in [6.45, 7) is 0. The number of nitrogens with two attached hydrogens (primary N) is 1. The molecule has 0 saturated carbocycles. The zero-order valence-corrected chi connectivity index (χ0v) is 11.4. The number of benzene rings is 3. The molecule has 3 aromatic carbocycles. The van der Waals surface area contributed by atoms with Gasteiger partial charge in [-0.2, -0.15) is 0 Å². The minimum Gasteiger partial charge on any atom is -0.445 e. The Morgan fingerprint density at radius 2 is 1.55 bits per heavy atom. The van der Waals surface area contributed by atoms with Crippen LogP contribution in [0.15, 0.2) is 60.7 Å². The van der Waals surface area contributed by atoms with Crippen LogP contribution in [0.4, 0.5) is 11.4 Å². The molecular formula is C16H12N2O4. The van der Waals surface area contributed by atoms with Crippen molar-refractivity contribution < 1.29 is 15.1 Å². The van der Waals surface area contributed by atoms with E-state index in [0.717, 1.165) is 17.2 Å². The molecule has 1 aliphatic heterocycles. The highest BCUT2D eigenvalue weighted by atomic mass is 16.9. The number of rotatable bonds is 0. The van der Waals surface area contributed by atoms with Crippen LogP contribution >= 0.6 is 0 Å². The van der Waals surface area contributed by atoms with Gasteiger partial charge in [0.2, 0.25) is 0 Å². The van der Waals surface area contributed by atoms with Crippen LogP contribution in [-0.2, 0) is 0 Å². The molecule has 0 unspecified atom stereocenters. The van der Waals surface area contributed by atoms with Crippen molar-refractivity contribution in [3.8, 4) is 11.5 Å². The van der Waals surface area contributed by atoms with Crippen molar-refractivity contribution >= 4 is 22.1 Å². The van der Waals surface area contributed by atoms with Crippen molar-refractivity contribution in [2.75, 3.05) is 0 Å². The lowest BCUT2D eigenvalue weighted by Crippen LogP contribution is -2.72. The molecular weight excluding hydrogens is 284 g/mol. The maximum Gasteiger partial charge on any atom is 0.189 e. The molecule has 0 radical (unpaired) electrons. The summed E-state index contributed by atoms with van der Waals surface area (Å²) >= 11 is 0. The van der Waals surface area contributed by atoms with E-state index in [0.29, 0.717) is 0 Å². The maximum absolute atomic E-state index is 8.25. The van der Waals surface area contributed by atoms with Crippen LogP contribution in [0, 0.1) is 15.3 Å². The first-order chi connectivity index (χ1) is 10.6. The normalized spacial score (nSPS) is 11.5. The van der Waals surface area contributed by atoms with Crippen LogP contribution in [0.3, 0.4) is 0 Å². The van der Waals surface area contributed by atoms with Crippen molar-refractivity contribution in [3.63, 3.8) is 0 Å². The predicted octanol–water partition coefficient (Wildman–Crippen LogP) is 3.23. The molecule has 2 N–H and O–H groups in total. The van der Waals surface area contributed by atoms with Gasteiger partial charge in [-0.1, -0.05) is 36.4 Å². The van der Waals surface area contributed by atoms with Crippen molar-refractivity contribution in [2.24, 2.45) is 0 Å². The number of fused-ring (bicyclic) bond motifs is 4. The Balaban J connectivity index is 0.000000325. The monoisotopic (exact) mass is 296 g/mol. The second kappa shape index (κ2) is 5.71. The standard InChI is InChI=1S/C16H11NO.NO3/c1-2-6-12-11(5-1)9-10-15-16(12)17-13-7-3-4-8-14(13)18-15;2-1(3)4/h1-10,17H;/q;-1/p+1. The lowest BCUT2D eigenvalue weighted by molar-refractivity contribution is -0.481. The first-order valence-corrected chi connectivity index (χ1v) is 6.60. The number of para-hydroxylation sites is 2. The van der Waals surface area contributed by atoms with E-state index in [4.69, 9.17) is 20.1 Å². The predicted molar refractivity (Wildman–Crippen MR) is 82.1 cm³/mol. The van der Waals surface area contributed by atoms with E-state index in [1.165, 1.54) is 16.5 Å². The molecule has 1 aliphatic rings. The van der Waals surface area contributed by atoms with E-state index in [-0.39, 0.29) is 0 Å². The average Bonchev–Trinajstić information content (AvgIpc) is 2.52. The highest BCUT2D eigenvalue weighted by Gasteiger charge is 2.22. The summed E-state index contributed by atoms with van der Waals surface area (Å²) in [6, 6.07) is 20.7. The number of nitrogens with zero attached hydrogens (tertiary/aromatic N) is 1. The van der Waals surface area contributed by atoms with Gasteiger partial charge in [0.1, 0.15) is 0 Å². The van der Waals surface area contributed by atoms with Gasteiger partial charge in [-0.3, -0.25) is 5.32 Å². The van der Waals surface area contributed by atoms with Gasteiger partial charge in [-0.05, 0) is 23.6 Å². The molecule has 0 aromatic heterocycles. The van der Waals surface area contributed by atoms with Gasteiger partial charge >= 0.3 is 0 Å². The lowest BCUT2D eigenvalue weighted by atomic mass is 10.1. The van der Waals surface area contributed by atoms with Gasteiger partial charge in [0, 0.05) is 11.5 Å². The van der Waals surface area contributed by atoms with Crippen molar-refractivity contribution in [2.45, 2.75) is 0 Å². The Morgan fingerprint density at radius 3 is 2.36 bits per heavy atom. The Bertz CT molecular complexity index is 844. The molecule has 0 aliphatic carbocycles. The van der Waals surface area contributed by atoms with E-state index in [1.807, 2.05) is 24.3 Å². The molecule has 0 bridgehead atoms. The fraction of sp³-hybridized carbons (Fsp3) is 0. The average molecular weight is 296 g/mol. The van der Waals surface area contributed by atoms with E-state index in [2.05, 4.69) is 41.7 Å². The number of hydrogen-bond acceptors (Lipinski definition) is 4. The van der Waals surface area contributed by atoms with E-state index in [9.17, 15) is 0 Å². The highest BCUT2D eigenvalue weighted by Crippen LogP contribution is 2.38. The minimum absolute atomic E-state index is 0.931. The molecule has 3 aromatic rings. The van der Waals surface area contributed by atoms with Crippen molar-refractivity contribution in [1.82, 2.24) is 0 Å². The van der Waals surface area contributed by atoms with Gasteiger partial charge < -0.3 is 20.1 Å². The van der Waals surface area contributed by atoms with Crippen LogP contribution in [0.2, 0.25) is 0 Å². The van der Waals surface area contributed by atoms with Crippen LogP contribution < -0.4 is 10.1 Å². The third-order valence-electron chi connectivity index (χ3n) is 3.37. The fourth-order valence-electron chi connectivity index (χ4n) is 2.48. The summed E-state index contributed by atoms with van der Waals surface area (Å²) in [7, 11) is 0. The molecule has 4 rings (SSSR count). The van der Waals surface area contributed by atoms with Crippen LogP contribution in [0.1, 0.15) is 0 Å². The largest absolute Gasteiger partial charge is 0.445 e. The SMILES string of the molecule is O=[N+]([O-])[O-].c1ccc2c(c1)[NH2+]c1c(ccc3ccccc13)O2. The van der Waals surface area contributed by atoms with E-state index < -0.39 is 5.09 Å². The summed E-state index contributed by atoms with van der Waals surface area (Å²) in [4.78, 5) is 8.25. The molecule has 0 spiro atoms. The third-order valence-corrected chi connectivity index (χ3v) is 3.37. The minimum atomic E-state index is -1.75. The van der Waals surface area contributed by atoms with Gasteiger partial charge in [0.15, 0.2) is 22.9 Å². The van der Waals surface area contributed by atoms with Crippen LogP contribution in [0.25, 0.3) is 10.8 Å². The quantitative estimate of drug-likeness (QED) is 0.306. The molecule has 0 atom stereocenters. The second-order valence-electron chi connectivity index (χ2n) is 4.71. The molecule has 0 saturated heterocycles. The van der Waals surface area contributed by atoms with E-state index >= 15 is 0 Å². The summed E-state index contributed by atoms with van der Waals surface area (Å²) in [5.41, 5.74) is 2.31. The molecule has 0 fully saturated rings. The van der Waals surface area contributed by atoms with Crippen LogP contribution in [0.5, 0.6) is 11.5 Å². The summed E-state index contributed by atoms with van der Waals surface area (Å²) in [5, 5.41) is 19.4. The first-order valence-electron chi connectivity index (χ1n) is 6.60. The zero-order valence-electron chi connectivity index (χ0n) is 11.4. The number of ether oxygens (including phenoxy) is 1. The molecule has 0 amide bonds. The molecule has 6 nitrogen and oxygen atoms in total. The van der Waals surface area contributed by atoms with Gasteiger partial charge in [-0.25, -0.2) is 0 Å². The Labute approximate surface area is 125 Å². The highest BCUT2D eigenvalue weighted by molar-refractivity contribution is 5.94. The Hall–Kier alpha value is -3.12. The molecule has 6 heteroatoms. The zero-order chi connectivity index (χ0) is 15.5. The number of quaternary nitrogens is 1. The topological polar surface area (TPSA) is 92.0 Å². The Kier molecular flexibility index (Phi) is 3.59. The van der Waals surface area contributed by atoms with Gasteiger partial charge in [0.25, 0.3) is 0 Å².